The van der Waals surface area contributed by atoms with Gasteiger partial charge in [0.2, 0.25) is 11.8 Å². The van der Waals surface area contributed by atoms with Gasteiger partial charge in [-0.15, -0.1) is 0 Å². The summed E-state index contributed by atoms with van der Waals surface area (Å²) in [5, 5.41) is 3.04. The van der Waals surface area contributed by atoms with E-state index in [1.807, 2.05) is 75.4 Å². The number of nitrogens with one attached hydrogen (secondary N) is 1. The highest BCUT2D eigenvalue weighted by molar-refractivity contribution is 5.93. The largest absolute Gasteiger partial charge is 0.329 e. The third-order valence-corrected chi connectivity index (χ3v) is 10.6. The van der Waals surface area contributed by atoms with Gasteiger partial charge in [0, 0.05) is 43.5 Å². The molecular formula is C36H42F2N4O2. The second-order valence-corrected chi connectivity index (χ2v) is 13.3. The molecule has 3 heterocycles. The summed E-state index contributed by atoms with van der Waals surface area (Å²) < 4.78 is 29.0. The lowest BCUT2D eigenvalue weighted by atomic mass is 9.77. The van der Waals surface area contributed by atoms with Crippen LogP contribution in [0.2, 0.25) is 0 Å². The molecule has 2 fully saturated rings. The number of pyridine rings is 1. The van der Waals surface area contributed by atoms with E-state index in [1.165, 1.54) is 6.08 Å². The first-order chi connectivity index (χ1) is 21.0. The van der Waals surface area contributed by atoms with E-state index in [-0.39, 0.29) is 18.2 Å². The van der Waals surface area contributed by atoms with E-state index in [0.717, 1.165) is 59.9 Å². The molecule has 2 amide bonds. The Kier molecular flexibility index (Phi) is 7.85. The number of hydrogen-bond donors (Lipinski definition) is 1. The number of halogens is 2. The highest BCUT2D eigenvalue weighted by Crippen LogP contribution is 2.48. The van der Waals surface area contributed by atoms with Crippen molar-refractivity contribution in [2.45, 2.75) is 83.0 Å². The Balaban J connectivity index is 1.26. The summed E-state index contributed by atoms with van der Waals surface area (Å²) >= 11 is 0. The Labute approximate surface area is 259 Å². The molecule has 2 spiro atoms. The smallest absolute Gasteiger partial charge is 0.244 e. The molecule has 8 heteroatoms. The molecule has 1 aromatic heterocycles. The predicted octanol–water partition coefficient (Wildman–Crippen LogP) is 6.08. The molecule has 44 heavy (non-hydrogen) atoms. The molecule has 1 saturated heterocycles. The molecular weight excluding hydrogens is 558 g/mol. The third-order valence-electron chi connectivity index (χ3n) is 10.6. The lowest BCUT2D eigenvalue weighted by Gasteiger charge is -2.56. The summed E-state index contributed by atoms with van der Waals surface area (Å²) in [6, 6.07) is 2.09. The maximum Gasteiger partial charge on any atom is 0.244 e. The zero-order chi connectivity index (χ0) is 31.3. The summed E-state index contributed by atoms with van der Waals surface area (Å²) in [4.78, 5) is 36.2. The minimum atomic E-state index is -1.41. The fourth-order valence-electron chi connectivity index (χ4n) is 8.21. The van der Waals surface area contributed by atoms with Crippen LogP contribution in [0.25, 0.3) is 6.08 Å². The highest BCUT2D eigenvalue weighted by Gasteiger charge is 2.57. The molecule has 3 unspecified atom stereocenters. The maximum absolute atomic E-state index is 14.5. The van der Waals surface area contributed by atoms with E-state index >= 15 is 0 Å². The van der Waals surface area contributed by atoms with Gasteiger partial charge in [-0.2, -0.15) is 0 Å². The molecule has 0 aromatic carbocycles. The molecule has 2 aliphatic heterocycles. The van der Waals surface area contributed by atoms with Crippen molar-refractivity contribution >= 4 is 17.9 Å². The van der Waals surface area contributed by atoms with Crippen LogP contribution in [0, 0.1) is 5.41 Å². The summed E-state index contributed by atoms with van der Waals surface area (Å²) in [6.45, 7) is 6.67. The van der Waals surface area contributed by atoms with Crippen molar-refractivity contribution in [2.75, 3.05) is 20.1 Å². The zero-order valence-electron chi connectivity index (χ0n) is 26.1. The van der Waals surface area contributed by atoms with Gasteiger partial charge in [0.05, 0.1) is 11.0 Å². The highest BCUT2D eigenvalue weighted by atomic mass is 19.1. The van der Waals surface area contributed by atoms with E-state index in [4.69, 9.17) is 4.98 Å². The van der Waals surface area contributed by atoms with Crippen molar-refractivity contribution in [1.82, 2.24) is 20.1 Å². The predicted molar refractivity (Wildman–Crippen MR) is 169 cm³/mol. The van der Waals surface area contributed by atoms with Gasteiger partial charge in [0.25, 0.3) is 0 Å². The minimum Gasteiger partial charge on any atom is -0.329 e. The van der Waals surface area contributed by atoms with Crippen LogP contribution in [-0.4, -0.2) is 64.0 Å². The van der Waals surface area contributed by atoms with Crippen molar-refractivity contribution in [3.8, 4) is 0 Å². The van der Waals surface area contributed by atoms with Crippen LogP contribution < -0.4 is 5.32 Å². The quantitative estimate of drug-likeness (QED) is 0.402. The van der Waals surface area contributed by atoms with Gasteiger partial charge >= 0.3 is 0 Å². The van der Waals surface area contributed by atoms with Crippen LogP contribution in [0.5, 0.6) is 0 Å². The van der Waals surface area contributed by atoms with Crippen molar-refractivity contribution in [3.05, 3.63) is 94.3 Å². The Hall–Kier alpha value is -3.65. The first kappa shape index (κ1) is 30.4. The number of fused-ring (bicyclic) bond motifs is 1. The van der Waals surface area contributed by atoms with E-state index in [2.05, 4.69) is 16.3 Å². The zero-order valence-corrected chi connectivity index (χ0v) is 26.1. The van der Waals surface area contributed by atoms with Gasteiger partial charge in [0.1, 0.15) is 17.5 Å². The number of amides is 2. The maximum atomic E-state index is 14.5. The molecule has 3 aliphatic carbocycles. The number of nitrogens with zero attached hydrogens (tertiary/aromatic N) is 3. The molecule has 232 valence electrons. The number of piperazine rings is 1. The van der Waals surface area contributed by atoms with Crippen LogP contribution in [-0.2, 0) is 22.4 Å². The lowest BCUT2D eigenvalue weighted by molar-refractivity contribution is -0.158. The molecule has 6 rings (SSSR count). The summed E-state index contributed by atoms with van der Waals surface area (Å²) in [6.07, 6.45) is 19.4. The van der Waals surface area contributed by atoms with Gasteiger partial charge in [-0.3, -0.25) is 19.5 Å². The van der Waals surface area contributed by atoms with Gasteiger partial charge < -0.3 is 10.2 Å². The van der Waals surface area contributed by atoms with Crippen molar-refractivity contribution < 1.29 is 18.4 Å². The molecule has 0 bridgehead atoms. The Bertz CT molecular complexity index is 1560. The van der Waals surface area contributed by atoms with Gasteiger partial charge in [-0.25, -0.2) is 8.78 Å². The van der Waals surface area contributed by atoms with E-state index in [9.17, 15) is 18.4 Å². The minimum absolute atomic E-state index is 0.0118. The molecule has 1 N–H and O–H groups in total. The molecule has 5 aliphatic rings. The number of carbonyl (C=O) groups is 2. The van der Waals surface area contributed by atoms with E-state index in [1.54, 1.807) is 0 Å². The monoisotopic (exact) mass is 600 g/mol. The molecule has 6 nitrogen and oxygen atoms in total. The Morgan fingerprint density at radius 2 is 1.93 bits per heavy atom. The second-order valence-electron chi connectivity index (χ2n) is 13.3. The number of aromatic nitrogens is 1. The third kappa shape index (κ3) is 4.91. The number of likely N-dealkylation sites (N-methyl/N-ethyl adjacent to an activating group) is 1. The number of hydrogen-bond acceptors (Lipinski definition) is 4. The van der Waals surface area contributed by atoms with Crippen molar-refractivity contribution in [1.29, 1.82) is 0 Å². The number of carbonyl (C=O) groups excluding carboxylic acids is 2. The average molecular weight is 601 g/mol. The second kappa shape index (κ2) is 11.4. The number of rotatable bonds is 6. The van der Waals surface area contributed by atoms with Crippen LogP contribution in [0.4, 0.5) is 8.78 Å². The van der Waals surface area contributed by atoms with Crippen LogP contribution >= 0.6 is 0 Å². The summed E-state index contributed by atoms with van der Waals surface area (Å²) in [5.74, 6) is -0.544. The van der Waals surface area contributed by atoms with Gasteiger partial charge in [-0.1, -0.05) is 49.3 Å². The molecule has 1 saturated carbocycles. The number of alkyl halides is 1. The average Bonchev–Trinajstić information content (AvgIpc) is 3.67. The van der Waals surface area contributed by atoms with Crippen molar-refractivity contribution in [2.24, 2.45) is 5.41 Å². The SMILES string of the molecule is CC=CC=CC1=C(C)NC(=O)C12Cc1cc(C=CCN3C(=O)C4(CCCC4)N(C)CC3(C)C3=CC(F)=CC(F)C3)cnc1C2. The first-order valence-electron chi connectivity index (χ1n) is 15.7. The fraction of sp³-hybridized carbons (Fsp3) is 0.472. The van der Waals surface area contributed by atoms with Crippen LogP contribution in [0.15, 0.2) is 77.5 Å². The first-order valence-corrected chi connectivity index (χ1v) is 15.7. The van der Waals surface area contributed by atoms with E-state index in [0.29, 0.717) is 31.5 Å². The van der Waals surface area contributed by atoms with Gasteiger partial charge in [0.15, 0.2) is 0 Å². The van der Waals surface area contributed by atoms with Crippen LogP contribution in [0.3, 0.4) is 0 Å². The lowest BCUT2D eigenvalue weighted by Crippen LogP contribution is -2.72. The van der Waals surface area contributed by atoms with E-state index < -0.39 is 28.5 Å². The standard InChI is InChI=1S/C36H42F2N4O2/c1-5-6-7-12-30-24(2)40-32(43)35(30)20-26-16-25(22-39-31(26)21-35)11-10-15-42-33(44)36(13-8-9-14-36)41(4)23-34(42,3)27-17-28(37)19-29(38)18-27/h5-7,10-12,16-17,19,22,29H,8-9,13-15,18,20-21,23H2,1-4H3,(H,40,43). The number of allylic oxidation sites excluding steroid dienone is 8. The molecule has 0 radical (unpaired) electrons. The van der Waals surface area contributed by atoms with Gasteiger partial charge in [-0.05, 0) is 87.6 Å². The fourth-order valence-corrected chi connectivity index (χ4v) is 8.21. The normalized spacial score (nSPS) is 30.5. The van der Waals surface area contributed by atoms with Crippen LogP contribution in [0.1, 0.15) is 69.7 Å². The molecule has 3 atom stereocenters. The Morgan fingerprint density at radius 1 is 1.16 bits per heavy atom. The summed E-state index contributed by atoms with van der Waals surface area (Å²) in [7, 11) is 1.98. The topological polar surface area (TPSA) is 65.5 Å². The summed E-state index contributed by atoms with van der Waals surface area (Å²) in [5.41, 5.74) is 3.27. The van der Waals surface area contributed by atoms with Crippen molar-refractivity contribution in [3.63, 3.8) is 0 Å². The Morgan fingerprint density at radius 3 is 2.66 bits per heavy atom. The molecule has 1 aromatic rings.